The van der Waals surface area contributed by atoms with Gasteiger partial charge in [0.15, 0.2) is 0 Å². The molecular weight excluding hydrogens is 369 g/mol. The zero-order valence-electron chi connectivity index (χ0n) is 13.9. The van der Waals surface area contributed by atoms with Gasteiger partial charge >= 0.3 is 14.1 Å². The summed E-state index contributed by atoms with van der Waals surface area (Å²) in [5.74, 6) is -3.59. The van der Waals surface area contributed by atoms with Gasteiger partial charge in [0.05, 0.1) is 9.06 Å². The molecule has 2 aliphatic carbocycles. The summed E-state index contributed by atoms with van der Waals surface area (Å²) in [5.41, 5.74) is 0.0118. The monoisotopic (exact) mass is 384 g/mol. The average molecular weight is 384 g/mol. The summed E-state index contributed by atoms with van der Waals surface area (Å²) in [6, 6.07) is 1.62. The molecule has 2 atom stereocenters. The molecule has 3 rings (SSSR count). The molecule has 0 amide bonds. The van der Waals surface area contributed by atoms with Crippen molar-refractivity contribution < 1.29 is 26.3 Å². The van der Waals surface area contributed by atoms with Gasteiger partial charge in [0.2, 0.25) is 0 Å². The molecule has 26 heavy (non-hydrogen) atoms. The van der Waals surface area contributed by atoms with Gasteiger partial charge in [-0.1, -0.05) is 34.8 Å². The number of allylic oxidation sites excluding steroid dienone is 8. The lowest BCUT2D eigenvalue weighted by Crippen LogP contribution is -2.63. The molecule has 0 saturated carbocycles. The molecule has 0 N–H and O–H groups in total. The van der Waals surface area contributed by atoms with Crippen LogP contribution >= 0.6 is 0 Å². The number of hydrogen-bond donors (Lipinski definition) is 0. The maximum atomic E-state index is 15.8. The molecule has 0 heterocycles. The van der Waals surface area contributed by atoms with Crippen LogP contribution in [-0.4, -0.2) is 23.2 Å². The molecule has 0 saturated heterocycles. The van der Waals surface area contributed by atoms with Crippen molar-refractivity contribution in [1.29, 1.82) is 0 Å². The SMILES string of the molecule is Cc1c[c]([Al]([C]2(F)C=CC=C(F)C2)[C]2(F)C=CC=C(F)C2)c(F)cc1F. The minimum Gasteiger partial charge on any atom is -0.256 e. The van der Waals surface area contributed by atoms with Gasteiger partial charge in [0, 0.05) is 18.9 Å². The first-order valence-corrected chi connectivity index (χ1v) is 9.79. The first-order valence-electron chi connectivity index (χ1n) is 8.06. The molecule has 7 heteroatoms. The number of aryl methyl sites for hydroxylation is 1. The second-order valence-electron chi connectivity index (χ2n) is 6.71. The lowest BCUT2D eigenvalue weighted by atomic mass is 10.1. The smallest absolute Gasteiger partial charge is 0.256 e. The Labute approximate surface area is 151 Å². The Hall–Kier alpha value is -1.71. The summed E-state index contributed by atoms with van der Waals surface area (Å²) in [5, 5.41) is 0. The number of benzene rings is 1. The fourth-order valence-corrected chi connectivity index (χ4v) is 7.60. The molecular formula is C19H15AlF6. The molecule has 0 bridgehead atoms. The Morgan fingerprint density at radius 2 is 1.31 bits per heavy atom. The molecule has 2 unspecified atom stereocenters. The maximum Gasteiger partial charge on any atom is 0.428 e. The van der Waals surface area contributed by atoms with E-state index in [1.807, 2.05) is 0 Å². The van der Waals surface area contributed by atoms with E-state index in [0.29, 0.717) is 6.07 Å². The second-order valence-corrected chi connectivity index (χ2v) is 10.1. The van der Waals surface area contributed by atoms with Crippen LogP contribution < -0.4 is 4.43 Å². The van der Waals surface area contributed by atoms with E-state index in [1.54, 1.807) is 0 Å². The Morgan fingerprint density at radius 1 is 0.808 bits per heavy atom. The summed E-state index contributed by atoms with van der Waals surface area (Å²) in [7, 11) is 0. The molecule has 0 aromatic heterocycles. The average Bonchev–Trinajstić information content (AvgIpc) is 2.51. The molecule has 0 nitrogen and oxygen atoms in total. The third-order valence-electron chi connectivity index (χ3n) is 4.73. The predicted molar refractivity (Wildman–Crippen MR) is 90.1 cm³/mol. The first-order chi connectivity index (χ1) is 12.1. The van der Waals surface area contributed by atoms with Crippen LogP contribution in [-0.2, 0) is 0 Å². The molecule has 0 radical (unpaired) electrons. The van der Waals surface area contributed by atoms with Gasteiger partial charge < -0.3 is 0 Å². The van der Waals surface area contributed by atoms with E-state index in [1.165, 1.54) is 6.92 Å². The van der Waals surface area contributed by atoms with E-state index in [-0.39, 0.29) is 9.99 Å². The lowest BCUT2D eigenvalue weighted by molar-refractivity contribution is 0.258. The van der Waals surface area contributed by atoms with Crippen molar-refractivity contribution in [2.75, 3.05) is 0 Å². The largest absolute Gasteiger partial charge is 0.428 e. The Kier molecular flexibility index (Phi) is 4.98. The highest BCUT2D eigenvalue weighted by Gasteiger charge is 2.59. The van der Waals surface area contributed by atoms with Gasteiger partial charge in [-0.25, -0.2) is 17.6 Å². The van der Waals surface area contributed by atoms with Crippen molar-refractivity contribution in [3.05, 3.63) is 77.4 Å². The van der Waals surface area contributed by atoms with Crippen molar-refractivity contribution in [3.8, 4) is 0 Å². The normalized spacial score (nSPS) is 28.0. The zero-order valence-corrected chi connectivity index (χ0v) is 15.0. The molecule has 1 aromatic rings. The summed E-state index contributed by atoms with van der Waals surface area (Å²) in [6.45, 7) is 1.34. The fraction of sp³-hybridized carbons (Fsp3) is 0.263. The van der Waals surface area contributed by atoms with Gasteiger partial charge in [0.25, 0.3) is 0 Å². The van der Waals surface area contributed by atoms with Crippen LogP contribution in [0.3, 0.4) is 0 Å². The van der Waals surface area contributed by atoms with E-state index >= 15 is 8.78 Å². The van der Waals surface area contributed by atoms with Crippen LogP contribution in [0.5, 0.6) is 0 Å². The van der Waals surface area contributed by atoms with Crippen LogP contribution in [0.1, 0.15) is 18.4 Å². The Balaban J connectivity index is 2.20. The number of hydrogen-bond acceptors (Lipinski definition) is 0. The number of halogens is 6. The van der Waals surface area contributed by atoms with E-state index in [2.05, 4.69) is 0 Å². The molecule has 0 aliphatic heterocycles. The van der Waals surface area contributed by atoms with E-state index in [0.717, 1.165) is 42.5 Å². The highest BCUT2D eigenvalue weighted by molar-refractivity contribution is 6.79. The van der Waals surface area contributed by atoms with Crippen LogP contribution in [0.25, 0.3) is 0 Å². The van der Waals surface area contributed by atoms with Gasteiger partial charge in [0.1, 0.15) is 23.3 Å². The highest BCUT2D eigenvalue weighted by atomic mass is 27.2. The third-order valence-corrected chi connectivity index (χ3v) is 8.51. The molecule has 0 spiro atoms. The number of rotatable bonds is 3. The van der Waals surface area contributed by atoms with Crippen molar-refractivity contribution in [2.24, 2.45) is 0 Å². The van der Waals surface area contributed by atoms with Crippen molar-refractivity contribution >= 4 is 18.6 Å². The summed E-state index contributed by atoms with van der Waals surface area (Å²) >= 11 is -3.76. The Morgan fingerprint density at radius 3 is 1.77 bits per heavy atom. The standard InChI is InChI=1S/C7H5F2.2C6H5F2.Al/c1-5-2-3-6(8)4-7(5)9;2*7-5-2-1-3-6(8)4-5;/h2,4H,1H3;2*1-3H,4H2;. The quantitative estimate of drug-likeness (QED) is 0.503. The van der Waals surface area contributed by atoms with Gasteiger partial charge in [-0.2, -0.15) is 0 Å². The third kappa shape index (κ3) is 3.43. The van der Waals surface area contributed by atoms with E-state index in [9.17, 15) is 17.6 Å². The molecule has 0 fully saturated rings. The number of alkyl halides is 2. The predicted octanol–water partition coefficient (Wildman–Crippen LogP) is 5.10. The zero-order chi connectivity index (χ0) is 19.1. The second kappa shape index (κ2) is 6.79. The van der Waals surface area contributed by atoms with Gasteiger partial charge in [-0.15, -0.1) is 0 Å². The van der Waals surface area contributed by atoms with Crippen molar-refractivity contribution in [2.45, 2.75) is 28.8 Å². The van der Waals surface area contributed by atoms with Crippen molar-refractivity contribution in [3.63, 3.8) is 0 Å². The summed E-state index contributed by atoms with van der Waals surface area (Å²) in [6.07, 6.45) is 4.76. The van der Waals surface area contributed by atoms with Crippen LogP contribution in [0.4, 0.5) is 26.3 Å². The van der Waals surface area contributed by atoms with Crippen LogP contribution in [0.15, 0.2) is 60.2 Å². The van der Waals surface area contributed by atoms with Gasteiger partial charge in [-0.05, 0) is 24.6 Å². The molecule has 2 aliphatic rings. The minimum absolute atomic E-state index is 0.0118. The molecule has 136 valence electrons. The van der Waals surface area contributed by atoms with Crippen LogP contribution in [0, 0.1) is 18.6 Å². The fourth-order valence-electron chi connectivity index (χ4n) is 3.59. The lowest BCUT2D eigenvalue weighted by Gasteiger charge is -2.38. The van der Waals surface area contributed by atoms with E-state index in [4.69, 9.17) is 0 Å². The van der Waals surface area contributed by atoms with E-state index < -0.39 is 59.3 Å². The minimum atomic E-state index is -3.76. The van der Waals surface area contributed by atoms with Crippen molar-refractivity contribution in [1.82, 2.24) is 0 Å². The van der Waals surface area contributed by atoms with Crippen LogP contribution in [0.2, 0.25) is 0 Å². The summed E-state index contributed by atoms with van der Waals surface area (Å²) < 4.78 is 81.9. The Bertz CT molecular complexity index is 814. The maximum absolute atomic E-state index is 15.8. The van der Waals surface area contributed by atoms with Gasteiger partial charge in [-0.3, -0.25) is 8.78 Å². The summed E-state index contributed by atoms with van der Waals surface area (Å²) in [4.78, 5) is 0. The molecule has 1 aromatic carbocycles. The first kappa shape index (κ1) is 19.1. The topological polar surface area (TPSA) is 0 Å². The highest BCUT2D eigenvalue weighted by Crippen LogP contribution is 2.41.